The molecule has 0 saturated carbocycles. The first-order chi connectivity index (χ1) is 10.6. The summed E-state index contributed by atoms with van der Waals surface area (Å²) in [5.74, 6) is 0. The molecule has 7 heteroatoms. The summed E-state index contributed by atoms with van der Waals surface area (Å²) in [6.07, 6.45) is 1.92. The largest absolute Gasteiger partial charge is 0.329 e. The molecule has 2 rings (SSSR count). The van der Waals surface area contributed by atoms with Crippen LogP contribution >= 0.6 is 24.2 Å². The highest BCUT2D eigenvalue weighted by molar-refractivity contribution is 7.98. The van der Waals surface area contributed by atoms with E-state index in [2.05, 4.69) is 0 Å². The summed E-state index contributed by atoms with van der Waals surface area (Å²) in [5.41, 5.74) is 6.55. The maximum absolute atomic E-state index is 12.9. The maximum atomic E-state index is 12.9. The Morgan fingerprint density at radius 1 is 1.09 bits per heavy atom. The van der Waals surface area contributed by atoms with Gasteiger partial charge in [0, 0.05) is 24.5 Å². The van der Waals surface area contributed by atoms with Gasteiger partial charge < -0.3 is 5.73 Å². The fourth-order valence-electron chi connectivity index (χ4n) is 2.13. The molecule has 0 heterocycles. The van der Waals surface area contributed by atoms with Gasteiger partial charge in [0.05, 0.1) is 4.90 Å². The lowest BCUT2D eigenvalue weighted by Gasteiger charge is -2.22. The van der Waals surface area contributed by atoms with E-state index in [4.69, 9.17) is 5.73 Å². The van der Waals surface area contributed by atoms with Crippen LogP contribution in [0.1, 0.15) is 5.56 Å². The molecule has 0 spiro atoms. The van der Waals surface area contributed by atoms with Crippen LogP contribution in [0.25, 0.3) is 0 Å². The molecule has 0 atom stereocenters. The highest BCUT2D eigenvalue weighted by Gasteiger charge is 2.24. The van der Waals surface area contributed by atoms with Crippen molar-refractivity contribution in [1.29, 1.82) is 0 Å². The highest BCUT2D eigenvalue weighted by Crippen LogP contribution is 2.23. The Kier molecular flexibility index (Phi) is 8.08. The average Bonchev–Trinajstić information content (AvgIpc) is 2.55. The van der Waals surface area contributed by atoms with Crippen LogP contribution in [0.15, 0.2) is 64.4 Å². The van der Waals surface area contributed by atoms with Crippen molar-refractivity contribution >= 4 is 34.2 Å². The molecule has 23 heavy (non-hydrogen) atoms. The first kappa shape index (κ1) is 20.0. The van der Waals surface area contributed by atoms with Crippen LogP contribution in [0.4, 0.5) is 0 Å². The van der Waals surface area contributed by atoms with Crippen molar-refractivity contribution in [3.8, 4) is 0 Å². The van der Waals surface area contributed by atoms with Crippen molar-refractivity contribution in [2.24, 2.45) is 5.73 Å². The van der Waals surface area contributed by atoms with E-state index < -0.39 is 10.0 Å². The molecule has 0 radical (unpaired) electrons. The number of hydrogen-bond acceptors (Lipinski definition) is 4. The summed E-state index contributed by atoms with van der Waals surface area (Å²) in [7, 11) is -3.55. The predicted molar refractivity (Wildman–Crippen MR) is 98.6 cm³/mol. The minimum Gasteiger partial charge on any atom is -0.329 e. The quantitative estimate of drug-likeness (QED) is 0.759. The van der Waals surface area contributed by atoms with Gasteiger partial charge in [-0.3, -0.25) is 0 Å². The summed E-state index contributed by atoms with van der Waals surface area (Å²) < 4.78 is 27.1. The van der Waals surface area contributed by atoms with Gasteiger partial charge in [-0.15, -0.1) is 24.2 Å². The Morgan fingerprint density at radius 3 is 2.39 bits per heavy atom. The number of thioether (sulfide) groups is 1. The number of halogens is 1. The number of rotatable bonds is 7. The Labute approximate surface area is 148 Å². The molecular weight excluding hydrogens is 352 g/mol. The number of hydrogen-bond donors (Lipinski definition) is 1. The molecule has 4 nitrogen and oxygen atoms in total. The van der Waals surface area contributed by atoms with E-state index in [0.29, 0.717) is 18.0 Å². The lowest BCUT2D eigenvalue weighted by Crippen LogP contribution is -2.34. The van der Waals surface area contributed by atoms with Gasteiger partial charge in [-0.2, -0.15) is 4.31 Å². The van der Waals surface area contributed by atoms with E-state index >= 15 is 0 Å². The molecule has 0 aliphatic heterocycles. The van der Waals surface area contributed by atoms with E-state index in [9.17, 15) is 8.42 Å². The lowest BCUT2D eigenvalue weighted by atomic mass is 10.2. The van der Waals surface area contributed by atoms with Gasteiger partial charge in [0.2, 0.25) is 10.0 Å². The van der Waals surface area contributed by atoms with Gasteiger partial charge in [0.1, 0.15) is 0 Å². The smallest absolute Gasteiger partial charge is 0.243 e. The van der Waals surface area contributed by atoms with E-state index in [1.165, 1.54) is 16.1 Å². The summed E-state index contributed by atoms with van der Waals surface area (Å²) in [5, 5.41) is 0. The number of nitrogens with two attached hydrogens (primary N) is 1. The van der Waals surface area contributed by atoms with Gasteiger partial charge >= 0.3 is 0 Å². The van der Waals surface area contributed by atoms with E-state index in [1.807, 2.05) is 42.7 Å². The van der Waals surface area contributed by atoms with Gasteiger partial charge in [0.25, 0.3) is 0 Å². The van der Waals surface area contributed by atoms with Crippen LogP contribution < -0.4 is 5.73 Å². The molecular formula is C16H21ClN2O2S2. The minimum absolute atomic E-state index is 0. The fraction of sp³-hybridized carbons (Fsp3) is 0.250. The SMILES string of the molecule is CSc1cccc(S(=O)(=O)N(CCN)Cc2ccccc2)c1.Cl. The topological polar surface area (TPSA) is 63.4 Å². The lowest BCUT2D eigenvalue weighted by molar-refractivity contribution is 0.414. The van der Waals surface area contributed by atoms with Crippen LogP contribution in [0, 0.1) is 0 Å². The third-order valence-electron chi connectivity index (χ3n) is 3.26. The van der Waals surface area contributed by atoms with Crippen LogP contribution in [-0.4, -0.2) is 32.1 Å². The fourth-order valence-corrected chi connectivity index (χ4v) is 4.15. The normalized spacial score (nSPS) is 11.3. The third kappa shape index (κ3) is 5.22. The molecule has 0 saturated heterocycles. The monoisotopic (exact) mass is 372 g/mol. The Bertz CT molecular complexity index is 709. The van der Waals surface area contributed by atoms with Gasteiger partial charge in [0.15, 0.2) is 0 Å². The molecule has 2 aromatic rings. The van der Waals surface area contributed by atoms with Gasteiger partial charge in [-0.25, -0.2) is 8.42 Å². The van der Waals surface area contributed by atoms with Gasteiger partial charge in [-0.05, 0) is 30.0 Å². The second-order valence-corrected chi connectivity index (χ2v) is 7.61. The second-order valence-electron chi connectivity index (χ2n) is 4.79. The molecule has 0 aliphatic carbocycles. The van der Waals surface area contributed by atoms with E-state index in [-0.39, 0.29) is 19.0 Å². The van der Waals surface area contributed by atoms with Crippen molar-refractivity contribution in [2.45, 2.75) is 16.3 Å². The second kappa shape index (κ2) is 9.30. The summed E-state index contributed by atoms with van der Waals surface area (Å²) in [6, 6.07) is 16.5. The molecule has 0 amide bonds. The number of sulfonamides is 1. The van der Waals surface area contributed by atoms with Crippen LogP contribution in [0.3, 0.4) is 0 Å². The van der Waals surface area contributed by atoms with Gasteiger partial charge in [-0.1, -0.05) is 36.4 Å². The zero-order chi connectivity index (χ0) is 16.0. The summed E-state index contributed by atoms with van der Waals surface area (Å²) >= 11 is 1.52. The standard InChI is InChI=1S/C16H20N2O2S2.ClH/c1-21-15-8-5-9-16(12-15)22(19,20)18(11-10-17)13-14-6-3-2-4-7-14;/h2-9,12H,10-11,13,17H2,1H3;1H. The highest BCUT2D eigenvalue weighted by atomic mass is 35.5. The molecule has 0 aromatic heterocycles. The molecule has 0 unspecified atom stereocenters. The summed E-state index contributed by atoms with van der Waals surface area (Å²) in [4.78, 5) is 1.23. The van der Waals surface area contributed by atoms with Crippen molar-refractivity contribution < 1.29 is 8.42 Å². The van der Waals surface area contributed by atoms with E-state index in [0.717, 1.165) is 10.5 Å². The van der Waals surface area contributed by atoms with Crippen molar-refractivity contribution in [2.75, 3.05) is 19.3 Å². The Balaban J connectivity index is 0.00000264. The van der Waals surface area contributed by atoms with Crippen molar-refractivity contribution in [3.05, 3.63) is 60.2 Å². The van der Waals surface area contributed by atoms with Crippen molar-refractivity contribution in [3.63, 3.8) is 0 Å². The molecule has 2 aromatic carbocycles. The van der Waals surface area contributed by atoms with Crippen molar-refractivity contribution in [1.82, 2.24) is 4.31 Å². The average molecular weight is 373 g/mol. The van der Waals surface area contributed by atoms with Crippen LogP contribution in [0.5, 0.6) is 0 Å². The van der Waals surface area contributed by atoms with E-state index in [1.54, 1.807) is 18.2 Å². The Hall–Kier alpha value is -1.05. The zero-order valence-electron chi connectivity index (χ0n) is 12.9. The number of nitrogens with zero attached hydrogens (tertiary/aromatic N) is 1. The first-order valence-corrected chi connectivity index (χ1v) is 9.62. The summed E-state index contributed by atoms with van der Waals surface area (Å²) in [6.45, 7) is 0.902. The third-order valence-corrected chi connectivity index (χ3v) is 5.83. The molecule has 0 fully saturated rings. The number of benzene rings is 2. The predicted octanol–water partition coefficient (Wildman–Crippen LogP) is 2.98. The molecule has 2 N–H and O–H groups in total. The molecule has 126 valence electrons. The Morgan fingerprint density at radius 2 is 1.78 bits per heavy atom. The molecule has 0 aliphatic rings. The van der Waals surface area contributed by atoms with Crippen LogP contribution in [0.2, 0.25) is 0 Å². The minimum atomic E-state index is -3.55. The zero-order valence-corrected chi connectivity index (χ0v) is 15.3. The maximum Gasteiger partial charge on any atom is 0.243 e. The van der Waals surface area contributed by atoms with Crippen LogP contribution in [-0.2, 0) is 16.6 Å². The molecule has 0 bridgehead atoms. The first-order valence-electron chi connectivity index (χ1n) is 6.96.